The van der Waals surface area contributed by atoms with Crippen molar-refractivity contribution in [2.75, 3.05) is 6.61 Å². The van der Waals surface area contributed by atoms with E-state index in [1.165, 1.54) is 0 Å². The summed E-state index contributed by atoms with van der Waals surface area (Å²) in [6, 6.07) is 1.85. The van der Waals surface area contributed by atoms with Crippen LogP contribution >= 0.6 is 33.9 Å². The van der Waals surface area contributed by atoms with E-state index in [1.807, 2.05) is 11.4 Å². The first-order chi connectivity index (χ1) is 6.24. The second-order valence-corrected chi connectivity index (χ2v) is 5.43. The first-order valence-electron chi connectivity index (χ1n) is 4.15. The van der Waals surface area contributed by atoms with Gasteiger partial charge in [-0.25, -0.2) is 4.79 Å². The monoisotopic (exact) mass is 310 g/mol. The van der Waals surface area contributed by atoms with Gasteiger partial charge in [-0.1, -0.05) is 13.3 Å². The Morgan fingerprint density at radius 1 is 1.69 bits per heavy atom. The van der Waals surface area contributed by atoms with E-state index in [9.17, 15) is 4.79 Å². The number of hydrogen-bond acceptors (Lipinski definition) is 3. The molecule has 0 aliphatic rings. The lowest BCUT2D eigenvalue weighted by Gasteiger charge is -2.00. The molecule has 1 heterocycles. The molecule has 0 unspecified atom stereocenters. The van der Waals surface area contributed by atoms with Crippen molar-refractivity contribution in [1.29, 1.82) is 0 Å². The highest BCUT2D eigenvalue weighted by Crippen LogP contribution is 2.17. The predicted octanol–water partition coefficient (Wildman–Crippen LogP) is 3.31. The van der Waals surface area contributed by atoms with Gasteiger partial charge in [0.15, 0.2) is 0 Å². The first-order valence-corrected chi connectivity index (χ1v) is 6.11. The zero-order valence-corrected chi connectivity index (χ0v) is 10.4. The molecular weight excluding hydrogens is 299 g/mol. The summed E-state index contributed by atoms with van der Waals surface area (Å²) >= 11 is 3.75. The summed E-state index contributed by atoms with van der Waals surface area (Å²) in [5.41, 5.74) is 0.672. The van der Waals surface area contributed by atoms with Crippen molar-refractivity contribution in [3.63, 3.8) is 0 Å². The van der Waals surface area contributed by atoms with Gasteiger partial charge >= 0.3 is 5.97 Å². The fourth-order valence-electron chi connectivity index (χ4n) is 0.810. The van der Waals surface area contributed by atoms with Crippen LogP contribution in [-0.4, -0.2) is 12.6 Å². The molecule has 1 aromatic heterocycles. The van der Waals surface area contributed by atoms with Gasteiger partial charge in [-0.3, -0.25) is 0 Å². The molecule has 2 nitrogen and oxygen atoms in total. The van der Waals surface area contributed by atoms with Gasteiger partial charge in [0, 0.05) is 5.38 Å². The van der Waals surface area contributed by atoms with Crippen molar-refractivity contribution in [1.82, 2.24) is 0 Å². The normalized spacial score (nSPS) is 10.0. The van der Waals surface area contributed by atoms with Gasteiger partial charge in [0.05, 0.1) is 15.1 Å². The average Bonchev–Trinajstić information content (AvgIpc) is 2.52. The third-order valence-electron chi connectivity index (χ3n) is 1.53. The van der Waals surface area contributed by atoms with Gasteiger partial charge in [-0.15, -0.1) is 11.3 Å². The number of carbonyl (C=O) groups is 1. The third-order valence-corrected chi connectivity index (χ3v) is 3.32. The van der Waals surface area contributed by atoms with Gasteiger partial charge in [-0.05, 0) is 35.1 Å². The molecule has 0 spiro atoms. The second kappa shape index (κ2) is 5.59. The lowest BCUT2D eigenvalue weighted by molar-refractivity contribution is 0.0500. The predicted molar refractivity (Wildman–Crippen MR) is 62.2 cm³/mol. The maximum atomic E-state index is 11.3. The van der Waals surface area contributed by atoms with Crippen LogP contribution in [0, 0.1) is 2.88 Å². The van der Waals surface area contributed by atoms with Gasteiger partial charge < -0.3 is 4.74 Å². The fourth-order valence-corrected chi connectivity index (χ4v) is 2.13. The lowest BCUT2D eigenvalue weighted by Crippen LogP contribution is -2.04. The number of esters is 1. The Kier molecular flexibility index (Phi) is 4.72. The van der Waals surface area contributed by atoms with E-state index >= 15 is 0 Å². The number of carbonyl (C=O) groups excluding carboxylic acids is 1. The van der Waals surface area contributed by atoms with Crippen LogP contribution in [0.1, 0.15) is 30.1 Å². The molecule has 13 heavy (non-hydrogen) atoms. The minimum atomic E-state index is -0.201. The summed E-state index contributed by atoms with van der Waals surface area (Å²) in [5, 5.41) is 1.83. The Balaban J connectivity index is 2.40. The Morgan fingerprint density at radius 3 is 3.00 bits per heavy atom. The highest BCUT2D eigenvalue weighted by molar-refractivity contribution is 14.1. The number of thiophene rings is 1. The Hall–Kier alpha value is -0.100. The van der Waals surface area contributed by atoms with E-state index in [0.717, 1.165) is 15.7 Å². The minimum absolute atomic E-state index is 0.201. The molecule has 0 bridgehead atoms. The molecule has 0 saturated carbocycles. The van der Waals surface area contributed by atoms with Crippen LogP contribution in [0.15, 0.2) is 11.4 Å². The summed E-state index contributed by atoms with van der Waals surface area (Å²) in [6.07, 6.45) is 1.99. The summed E-state index contributed by atoms with van der Waals surface area (Å²) in [5.74, 6) is -0.201. The molecule has 1 aromatic rings. The molecule has 4 heteroatoms. The zero-order chi connectivity index (χ0) is 9.68. The molecule has 0 N–H and O–H groups in total. The van der Waals surface area contributed by atoms with Crippen molar-refractivity contribution in [3.05, 3.63) is 19.9 Å². The number of rotatable bonds is 4. The molecule has 0 saturated heterocycles. The van der Waals surface area contributed by atoms with E-state index in [4.69, 9.17) is 4.74 Å². The zero-order valence-electron chi connectivity index (χ0n) is 7.38. The van der Waals surface area contributed by atoms with Crippen molar-refractivity contribution in [2.45, 2.75) is 19.8 Å². The Bertz CT molecular complexity index is 283. The molecule has 0 amide bonds. The summed E-state index contributed by atoms with van der Waals surface area (Å²) < 4.78 is 6.16. The summed E-state index contributed by atoms with van der Waals surface area (Å²) in [4.78, 5) is 11.3. The molecule has 0 radical (unpaired) electrons. The van der Waals surface area contributed by atoms with E-state index in [0.29, 0.717) is 12.2 Å². The molecule has 0 atom stereocenters. The SMILES string of the molecule is CCCCOC(=O)c1csc(I)c1. The van der Waals surface area contributed by atoms with E-state index < -0.39 is 0 Å². The van der Waals surface area contributed by atoms with Crippen LogP contribution in [0.3, 0.4) is 0 Å². The largest absolute Gasteiger partial charge is 0.462 e. The van der Waals surface area contributed by atoms with Gasteiger partial charge in [0.2, 0.25) is 0 Å². The molecule has 0 aliphatic heterocycles. The molecule has 0 aliphatic carbocycles. The maximum Gasteiger partial charge on any atom is 0.339 e. The molecule has 0 fully saturated rings. The van der Waals surface area contributed by atoms with Crippen LogP contribution in [-0.2, 0) is 4.74 Å². The quantitative estimate of drug-likeness (QED) is 0.484. The van der Waals surface area contributed by atoms with Crippen LogP contribution in [0.5, 0.6) is 0 Å². The van der Waals surface area contributed by atoms with Crippen LogP contribution in [0.25, 0.3) is 0 Å². The topological polar surface area (TPSA) is 26.3 Å². The Morgan fingerprint density at radius 2 is 2.46 bits per heavy atom. The van der Waals surface area contributed by atoms with Crippen molar-refractivity contribution in [2.24, 2.45) is 0 Å². The number of unbranched alkanes of at least 4 members (excludes halogenated alkanes) is 1. The van der Waals surface area contributed by atoms with Crippen molar-refractivity contribution < 1.29 is 9.53 Å². The van der Waals surface area contributed by atoms with Gasteiger partial charge in [-0.2, -0.15) is 0 Å². The van der Waals surface area contributed by atoms with E-state index in [2.05, 4.69) is 29.5 Å². The Labute approximate surface area is 95.4 Å². The second-order valence-electron chi connectivity index (χ2n) is 2.63. The third kappa shape index (κ3) is 3.64. The lowest BCUT2D eigenvalue weighted by atomic mass is 10.3. The summed E-state index contributed by atoms with van der Waals surface area (Å²) in [7, 11) is 0. The molecule has 1 rings (SSSR count). The van der Waals surface area contributed by atoms with E-state index in [1.54, 1.807) is 11.3 Å². The fraction of sp³-hybridized carbons (Fsp3) is 0.444. The van der Waals surface area contributed by atoms with Crippen molar-refractivity contribution >= 4 is 39.9 Å². The van der Waals surface area contributed by atoms with Crippen LogP contribution < -0.4 is 0 Å². The standard InChI is InChI=1S/C9H11IO2S/c1-2-3-4-12-9(11)7-5-8(10)13-6-7/h5-6H,2-4H2,1H3. The summed E-state index contributed by atoms with van der Waals surface area (Å²) in [6.45, 7) is 2.60. The van der Waals surface area contributed by atoms with Crippen LogP contribution in [0.4, 0.5) is 0 Å². The number of halogens is 1. The van der Waals surface area contributed by atoms with Gasteiger partial charge in [0.1, 0.15) is 0 Å². The van der Waals surface area contributed by atoms with Gasteiger partial charge in [0.25, 0.3) is 0 Å². The number of ether oxygens (including phenoxy) is 1. The minimum Gasteiger partial charge on any atom is -0.462 e. The average molecular weight is 310 g/mol. The first kappa shape index (κ1) is 11.0. The van der Waals surface area contributed by atoms with Crippen LogP contribution in [0.2, 0.25) is 0 Å². The van der Waals surface area contributed by atoms with E-state index in [-0.39, 0.29) is 5.97 Å². The van der Waals surface area contributed by atoms with Crippen molar-refractivity contribution in [3.8, 4) is 0 Å². The smallest absolute Gasteiger partial charge is 0.339 e. The highest BCUT2D eigenvalue weighted by Gasteiger charge is 2.08. The number of hydrogen-bond donors (Lipinski definition) is 0. The molecule has 72 valence electrons. The molecule has 0 aromatic carbocycles. The molecular formula is C9H11IO2S. The highest BCUT2D eigenvalue weighted by atomic mass is 127. The maximum absolute atomic E-state index is 11.3.